The van der Waals surface area contributed by atoms with Gasteiger partial charge in [-0.25, -0.2) is 9.97 Å². The van der Waals surface area contributed by atoms with Crippen molar-refractivity contribution in [2.45, 2.75) is 0 Å². The van der Waals surface area contributed by atoms with E-state index in [0.29, 0.717) is 28.0 Å². The van der Waals surface area contributed by atoms with Gasteiger partial charge in [-0.05, 0) is 42.5 Å². The van der Waals surface area contributed by atoms with E-state index in [4.69, 9.17) is 24.3 Å². The van der Waals surface area contributed by atoms with E-state index in [-0.39, 0.29) is 20.0 Å². The molecule has 32 heavy (non-hydrogen) atoms. The van der Waals surface area contributed by atoms with Crippen LogP contribution in [0, 0.1) is 0 Å². The molecule has 2 aromatic heterocycles. The van der Waals surface area contributed by atoms with Gasteiger partial charge in [0, 0.05) is 18.9 Å². The second kappa shape index (κ2) is 10.7. The van der Waals surface area contributed by atoms with Gasteiger partial charge in [-0.15, -0.1) is 0 Å². The molecule has 0 saturated heterocycles. The predicted molar refractivity (Wildman–Crippen MR) is 125 cm³/mol. The van der Waals surface area contributed by atoms with Gasteiger partial charge in [-0.1, -0.05) is 29.5 Å². The van der Waals surface area contributed by atoms with Crippen LogP contribution in [0.1, 0.15) is 5.56 Å². The summed E-state index contributed by atoms with van der Waals surface area (Å²) in [7, 11) is 1.56. The molecule has 1 N–H and O–H groups in total. The smallest absolute Gasteiger partial charge is 0.213 e. The van der Waals surface area contributed by atoms with Gasteiger partial charge in [-0.3, -0.25) is 0 Å². The van der Waals surface area contributed by atoms with Crippen molar-refractivity contribution in [1.29, 1.82) is 0 Å². The number of hydrazone groups is 1. The van der Waals surface area contributed by atoms with E-state index in [0.717, 1.165) is 10.2 Å². The molecule has 0 bridgehead atoms. The number of ether oxygens (including phenoxy) is 3. The van der Waals surface area contributed by atoms with Crippen LogP contribution in [-0.2, 0) is 4.74 Å². The number of thiazole rings is 1. The SMILES string of the molecule is COCOc1ccc(OCCO)cc1/C=N/N(c1ccccn1)c1nc2ccccc2s1. The van der Waals surface area contributed by atoms with E-state index in [2.05, 4.69) is 10.1 Å². The molecule has 2 aromatic carbocycles. The number of methoxy groups -OCH3 is 1. The maximum Gasteiger partial charge on any atom is 0.213 e. The molecule has 4 rings (SSSR count). The van der Waals surface area contributed by atoms with Gasteiger partial charge in [0.05, 0.1) is 23.0 Å². The fraction of sp³-hybridized carbons (Fsp3) is 0.174. The highest BCUT2D eigenvalue weighted by Crippen LogP contribution is 2.33. The lowest BCUT2D eigenvalue weighted by molar-refractivity contribution is 0.0510. The predicted octanol–water partition coefficient (Wildman–Crippen LogP) is 4.22. The van der Waals surface area contributed by atoms with Crippen LogP contribution in [0.2, 0.25) is 0 Å². The first kappa shape index (κ1) is 21.7. The van der Waals surface area contributed by atoms with E-state index < -0.39 is 0 Å². The standard InChI is InChI=1S/C23H22N4O4S/c1-29-16-31-20-10-9-18(30-13-12-28)14-17(20)15-25-27(22-8-4-5-11-24-22)23-26-19-6-2-3-7-21(19)32-23/h2-11,14-15,28H,12-13,16H2,1H3/b25-15+. The molecule has 0 unspecified atom stereocenters. The Balaban J connectivity index is 1.72. The Morgan fingerprint density at radius 3 is 2.75 bits per heavy atom. The topological polar surface area (TPSA) is 89.3 Å². The van der Waals surface area contributed by atoms with Crippen LogP contribution in [0.5, 0.6) is 11.5 Å². The summed E-state index contributed by atoms with van der Waals surface area (Å²) < 4.78 is 17.3. The van der Waals surface area contributed by atoms with Gasteiger partial charge in [0.2, 0.25) is 5.13 Å². The van der Waals surface area contributed by atoms with Crippen molar-refractivity contribution in [3.05, 3.63) is 72.4 Å². The summed E-state index contributed by atoms with van der Waals surface area (Å²) in [5, 5.41) is 16.1. The summed E-state index contributed by atoms with van der Waals surface area (Å²) in [6, 6.07) is 18.9. The van der Waals surface area contributed by atoms with Crippen molar-refractivity contribution in [2.24, 2.45) is 5.10 Å². The number of hydrogen-bond acceptors (Lipinski definition) is 9. The van der Waals surface area contributed by atoms with E-state index in [9.17, 15) is 0 Å². The first-order valence-electron chi connectivity index (χ1n) is 9.88. The molecule has 8 nitrogen and oxygen atoms in total. The van der Waals surface area contributed by atoms with Crippen molar-refractivity contribution in [2.75, 3.05) is 32.1 Å². The van der Waals surface area contributed by atoms with Crippen LogP contribution in [-0.4, -0.2) is 48.4 Å². The largest absolute Gasteiger partial charge is 0.491 e. The van der Waals surface area contributed by atoms with Crippen LogP contribution in [0.15, 0.2) is 72.0 Å². The van der Waals surface area contributed by atoms with Gasteiger partial charge in [0.1, 0.15) is 18.1 Å². The van der Waals surface area contributed by atoms with Crippen LogP contribution in [0.25, 0.3) is 10.2 Å². The fourth-order valence-corrected chi connectivity index (χ4v) is 3.82. The van der Waals surface area contributed by atoms with Gasteiger partial charge in [0.25, 0.3) is 0 Å². The molecule has 0 saturated carbocycles. The zero-order valence-corrected chi connectivity index (χ0v) is 18.2. The van der Waals surface area contributed by atoms with E-state index in [1.54, 1.807) is 42.7 Å². The number of aliphatic hydroxyl groups is 1. The number of nitrogens with zero attached hydrogens (tertiary/aromatic N) is 4. The molecule has 0 radical (unpaired) electrons. The second-order valence-corrected chi connectivity index (χ2v) is 7.54. The highest BCUT2D eigenvalue weighted by molar-refractivity contribution is 7.22. The van der Waals surface area contributed by atoms with Gasteiger partial charge in [0.15, 0.2) is 12.6 Å². The summed E-state index contributed by atoms with van der Waals surface area (Å²) >= 11 is 1.53. The molecule has 2 heterocycles. The average Bonchev–Trinajstić information content (AvgIpc) is 3.26. The first-order chi connectivity index (χ1) is 15.8. The Morgan fingerprint density at radius 2 is 1.97 bits per heavy atom. The number of fused-ring (bicyclic) bond motifs is 1. The first-order valence-corrected chi connectivity index (χ1v) is 10.7. The normalized spacial score (nSPS) is 11.2. The molecule has 4 aromatic rings. The Hall–Kier alpha value is -3.53. The summed E-state index contributed by atoms with van der Waals surface area (Å²) in [5.74, 6) is 1.81. The maximum atomic E-state index is 9.04. The van der Waals surface area contributed by atoms with Gasteiger partial charge < -0.3 is 19.3 Å². The Bertz CT molecular complexity index is 1150. The molecular formula is C23H22N4O4S. The Morgan fingerprint density at radius 1 is 1.09 bits per heavy atom. The molecular weight excluding hydrogens is 428 g/mol. The lowest BCUT2D eigenvalue weighted by Gasteiger charge is -2.15. The third kappa shape index (κ3) is 5.20. The van der Waals surface area contributed by atoms with E-state index in [1.165, 1.54) is 11.3 Å². The highest BCUT2D eigenvalue weighted by atomic mass is 32.1. The van der Waals surface area contributed by atoms with Crippen LogP contribution < -0.4 is 14.5 Å². The zero-order chi connectivity index (χ0) is 22.2. The number of benzene rings is 2. The average molecular weight is 451 g/mol. The van der Waals surface area contributed by atoms with Gasteiger partial charge >= 0.3 is 0 Å². The molecule has 9 heteroatoms. The number of aromatic nitrogens is 2. The molecule has 0 amide bonds. The fourth-order valence-electron chi connectivity index (χ4n) is 2.89. The number of rotatable bonds is 10. The third-order valence-electron chi connectivity index (χ3n) is 4.32. The number of anilines is 2. The summed E-state index contributed by atoms with van der Waals surface area (Å²) in [6.07, 6.45) is 3.37. The number of aliphatic hydroxyl groups excluding tert-OH is 1. The summed E-state index contributed by atoms with van der Waals surface area (Å²) in [4.78, 5) is 9.16. The molecule has 0 aliphatic heterocycles. The van der Waals surface area contributed by atoms with Crippen molar-refractivity contribution < 1.29 is 19.3 Å². The van der Waals surface area contributed by atoms with Gasteiger partial charge in [-0.2, -0.15) is 10.1 Å². The maximum absolute atomic E-state index is 9.04. The minimum absolute atomic E-state index is 0.0730. The minimum atomic E-state index is -0.0730. The van der Waals surface area contributed by atoms with Crippen molar-refractivity contribution in [1.82, 2.24) is 9.97 Å². The summed E-state index contributed by atoms with van der Waals surface area (Å²) in [5.41, 5.74) is 1.58. The molecule has 164 valence electrons. The van der Waals surface area contributed by atoms with Crippen LogP contribution >= 0.6 is 11.3 Å². The van der Waals surface area contributed by atoms with Crippen LogP contribution in [0.4, 0.5) is 10.9 Å². The van der Waals surface area contributed by atoms with E-state index >= 15 is 0 Å². The summed E-state index contributed by atoms with van der Waals surface area (Å²) in [6.45, 7) is 0.219. The lowest BCUT2D eigenvalue weighted by atomic mass is 10.2. The molecule has 0 aliphatic carbocycles. The second-order valence-electron chi connectivity index (χ2n) is 6.53. The monoisotopic (exact) mass is 450 g/mol. The van der Waals surface area contributed by atoms with Crippen molar-refractivity contribution in [3.63, 3.8) is 0 Å². The lowest BCUT2D eigenvalue weighted by Crippen LogP contribution is -2.11. The number of para-hydroxylation sites is 1. The molecule has 0 fully saturated rings. The van der Waals surface area contributed by atoms with Crippen LogP contribution in [0.3, 0.4) is 0 Å². The molecule has 0 spiro atoms. The number of pyridine rings is 1. The zero-order valence-electron chi connectivity index (χ0n) is 17.4. The van der Waals surface area contributed by atoms with Crippen molar-refractivity contribution >= 4 is 38.7 Å². The van der Waals surface area contributed by atoms with E-state index in [1.807, 2.05) is 42.5 Å². The van der Waals surface area contributed by atoms with Crippen molar-refractivity contribution in [3.8, 4) is 11.5 Å². The highest BCUT2D eigenvalue weighted by Gasteiger charge is 2.15. The number of hydrogen-bond donors (Lipinski definition) is 1. The molecule has 0 aliphatic rings. The Labute approximate surface area is 189 Å². The third-order valence-corrected chi connectivity index (χ3v) is 5.33. The minimum Gasteiger partial charge on any atom is -0.491 e. The Kier molecular flexibility index (Phi) is 7.23. The quantitative estimate of drug-likeness (QED) is 0.220. The molecule has 0 atom stereocenters.